The van der Waals surface area contributed by atoms with E-state index in [1.807, 2.05) is 59.5 Å². The summed E-state index contributed by atoms with van der Waals surface area (Å²) in [5.41, 5.74) is 7.22. The fourth-order valence-electron chi connectivity index (χ4n) is 4.50. The van der Waals surface area contributed by atoms with Crippen LogP contribution >= 0.6 is 23.2 Å². The minimum Gasteiger partial charge on any atom is -0.350 e. The van der Waals surface area contributed by atoms with Crippen molar-refractivity contribution in [2.45, 2.75) is 37.9 Å². The molecular formula is C27H30Cl2N4O2. The van der Waals surface area contributed by atoms with Gasteiger partial charge >= 0.3 is 0 Å². The molecule has 8 heteroatoms. The highest BCUT2D eigenvalue weighted by Crippen LogP contribution is 2.22. The van der Waals surface area contributed by atoms with Crippen LogP contribution in [0, 0.1) is 0 Å². The summed E-state index contributed by atoms with van der Waals surface area (Å²) >= 11 is 12.3. The maximum Gasteiger partial charge on any atom is 0.251 e. The number of hydrogen-bond donors (Lipinski definition) is 3. The largest absolute Gasteiger partial charge is 0.350 e. The first-order valence-corrected chi connectivity index (χ1v) is 12.7. The van der Waals surface area contributed by atoms with Crippen molar-refractivity contribution >= 4 is 45.8 Å². The van der Waals surface area contributed by atoms with Crippen LogP contribution in [0.5, 0.6) is 0 Å². The summed E-state index contributed by atoms with van der Waals surface area (Å²) in [7, 11) is 0. The van der Waals surface area contributed by atoms with Crippen LogP contribution in [-0.4, -0.2) is 48.4 Å². The second kappa shape index (κ2) is 11.9. The van der Waals surface area contributed by atoms with Crippen LogP contribution in [0.1, 0.15) is 35.2 Å². The number of hydrogen-bond acceptors (Lipinski definition) is 4. The summed E-state index contributed by atoms with van der Waals surface area (Å²) in [6.45, 7) is 1.93. The molecule has 4 rings (SSSR count). The molecular weight excluding hydrogens is 483 g/mol. The van der Waals surface area contributed by atoms with E-state index in [0.29, 0.717) is 54.6 Å². The van der Waals surface area contributed by atoms with Gasteiger partial charge in [0.1, 0.15) is 0 Å². The molecule has 6 nitrogen and oxygen atoms in total. The molecule has 184 valence electrons. The van der Waals surface area contributed by atoms with Crippen molar-refractivity contribution in [1.29, 1.82) is 0 Å². The third-order valence-electron chi connectivity index (χ3n) is 6.31. The number of nitrogens with two attached hydrogens (primary N) is 1. The average Bonchev–Trinajstić information content (AvgIpc) is 2.99. The van der Waals surface area contributed by atoms with Crippen molar-refractivity contribution in [3.63, 3.8) is 0 Å². The van der Waals surface area contributed by atoms with Gasteiger partial charge in [0.25, 0.3) is 5.91 Å². The van der Waals surface area contributed by atoms with Crippen LogP contribution in [0.2, 0.25) is 10.0 Å². The molecule has 1 aliphatic rings. The second-order valence-corrected chi connectivity index (χ2v) is 9.82. The second-order valence-electron chi connectivity index (χ2n) is 8.95. The Kier molecular flexibility index (Phi) is 8.63. The van der Waals surface area contributed by atoms with E-state index in [-0.39, 0.29) is 23.9 Å². The van der Waals surface area contributed by atoms with Crippen LogP contribution in [0.3, 0.4) is 0 Å². The Balaban J connectivity index is 1.43. The number of benzene rings is 3. The summed E-state index contributed by atoms with van der Waals surface area (Å²) in [6.07, 6.45) is 2.07. The van der Waals surface area contributed by atoms with Crippen LogP contribution < -0.4 is 16.4 Å². The average molecular weight is 513 g/mol. The van der Waals surface area contributed by atoms with Gasteiger partial charge in [-0.05, 0) is 72.5 Å². The molecule has 3 aromatic carbocycles. The highest BCUT2D eigenvalue weighted by atomic mass is 35.5. The van der Waals surface area contributed by atoms with E-state index in [2.05, 4.69) is 10.6 Å². The van der Waals surface area contributed by atoms with Gasteiger partial charge in [0.15, 0.2) is 0 Å². The van der Waals surface area contributed by atoms with Crippen LogP contribution in [0.4, 0.5) is 0 Å². The molecule has 1 heterocycles. The quantitative estimate of drug-likeness (QED) is 0.418. The standard InChI is InChI=1S/C27H30Cl2N4O2/c28-22-12-18(13-23(29)15-22)17-33-11-9-24(32-25(27(33)35)6-3-10-30)16-31-26(34)21-8-7-19-4-1-2-5-20(19)14-21/h1-2,4-5,7-8,12-15,24-25,32H,3,6,9-11,16-17,30H2,(H,31,34)/t24-,25-/m0/s1. The third kappa shape index (κ3) is 6.73. The SMILES string of the molecule is NCCC[C@@H]1N[C@H](CNC(=O)c2ccc3ccccc3c2)CCN(Cc2cc(Cl)cc(Cl)c2)C1=O. The van der Waals surface area contributed by atoms with E-state index in [1.165, 1.54) is 0 Å². The molecule has 3 aromatic rings. The Morgan fingerprint density at radius 3 is 2.54 bits per heavy atom. The van der Waals surface area contributed by atoms with Gasteiger partial charge in [0, 0.05) is 41.3 Å². The lowest BCUT2D eigenvalue weighted by Crippen LogP contribution is -2.48. The molecule has 0 aromatic heterocycles. The molecule has 0 bridgehead atoms. The Morgan fingerprint density at radius 2 is 1.80 bits per heavy atom. The lowest BCUT2D eigenvalue weighted by molar-refractivity contribution is -0.133. The number of nitrogens with zero attached hydrogens (tertiary/aromatic N) is 1. The Labute approximate surface area is 215 Å². The van der Waals surface area contributed by atoms with Gasteiger partial charge in [-0.3, -0.25) is 9.59 Å². The lowest BCUT2D eigenvalue weighted by Gasteiger charge is -2.25. The van der Waals surface area contributed by atoms with Crippen molar-refractivity contribution in [2.24, 2.45) is 5.73 Å². The van der Waals surface area contributed by atoms with E-state index in [4.69, 9.17) is 28.9 Å². The minimum absolute atomic E-state index is 0.0258. The van der Waals surface area contributed by atoms with E-state index < -0.39 is 0 Å². The van der Waals surface area contributed by atoms with Crippen molar-refractivity contribution in [1.82, 2.24) is 15.5 Å². The van der Waals surface area contributed by atoms with Crippen LogP contribution in [0.25, 0.3) is 10.8 Å². The predicted molar refractivity (Wildman–Crippen MR) is 142 cm³/mol. The van der Waals surface area contributed by atoms with E-state index in [9.17, 15) is 9.59 Å². The molecule has 1 aliphatic heterocycles. The monoisotopic (exact) mass is 512 g/mol. The fraction of sp³-hybridized carbons (Fsp3) is 0.333. The molecule has 35 heavy (non-hydrogen) atoms. The topological polar surface area (TPSA) is 87.5 Å². The maximum atomic E-state index is 13.3. The molecule has 0 spiro atoms. The minimum atomic E-state index is -0.363. The Morgan fingerprint density at radius 1 is 1.06 bits per heavy atom. The summed E-state index contributed by atoms with van der Waals surface area (Å²) in [5, 5.41) is 9.71. The number of nitrogens with one attached hydrogen (secondary N) is 2. The summed E-state index contributed by atoms with van der Waals surface area (Å²) in [4.78, 5) is 28.0. The van der Waals surface area contributed by atoms with Crippen molar-refractivity contribution < 1.29 is 9.59 Å². The van der Waals surface area contributed by atoms with Gasteiger partial charge < -0.3 is 21.3 Å². The summed E-state index contributed by atoms with van der Waals surface area (Å²) in [5.74, 6) is -0.102. The maximum absolute atomic E-state index is 13.3. The Bertz CT molecular complexity index is 1180. The number of amides is 2. The number of halogens is 2. The molecule has 0 saturated carbocycles. The third-order valence-corrected chi connectivity index (χ3v) is 6.74. The lowest BCUT2D eigenvalue weighted by atomic mass is 10.1. The molecule has 4 N–H and O–H groups in total. The highest BCUT2D eigenvalue weighted by Gasteiger charge is 2.30. The first kappa shape index (κ1) is 25.5. The van der Waals surface area contributed by atoms with E-state index in [0.717, 1.165) is 22.8 Å². The summed E-state index contributed by atoms with van der Waals surface area (Å²) in [6, 6.07) is 18.6. The molecule has 1 saturated heterocycles. The number of carbonyl (C=O) groups excluding carboxylic acids is 2. The molecule has 0 aliphatic carbocycles. The smallest absolute Gasteiger partial charge is 0.251 e. The van der Waals surface area contributed by atoms with Gasteiger partial charge in [-0.25, -0.2) is 0 Å². The number of fused-ring (bicyclic) bond motifs is 1. The number of rotatable bonds is 8. The van der Waals surface area contributed by atoms with E-state index >= 15 is 0 Å². The molecule has 0 unspecified atom stereocenters. The zero-order chi connectivity index (χ0) is 24.8. The van der Waals surface area contributed by atoms with Gasteiger partial charge in [-0.2, -0.15) is 0 Å². The molecule has 2 atom stereocenters. The van der Waals surface area contributed by atoms with Crippen LogP contribution in [-0.2, 0) is 11.3 Å². The van der Waals surface area contributed by atoms with Gasteiger partial charge in [-0.15, -0.1) is 0 Å². The first-order chi connectivity index (χ1) is 16.9. The fourth-order valence-corrected chi connectivity index (χ4v) is 5.07. The predicted octanol–water partition coefficient (Wildman–Crippen LogP) is 4.37. The number of carbonyl (C=O) groups is 2. The van der Waals surface area contributed by atoms with E-state index in [1.54, 1.807) is 6.07 Å². The van der Waals surface area contributed by atoms with Gasteiger partial charge in [0.2, 0.25) is 5.91 Å². The molecule has 1 fully saturated rings. The van der Waals surface area contributed by atoms with Crippen molar-refractivity contribution in [3.8, 4) is 0 Å². The Hall–Kier alpha value is -2.64. The zero-order valence-corrected chi connectivity index (χ0v) is 21.0. The normalized spacial score (nSPS) is 18.5. The highest BCUT2D eigenvalue weighted by molar-refractivity contribution is 6.34. The van der Waals surface area contributed by atoms with Gasteiger partial charge in [-0.1, -0.05) is 53.5 Å². The molecule has 0 radical (unpaired) electrons. The van der Waals surface area contributed by atoms with Crippen molar-refractivity contribution in [3.05, 3.63) is 81.8 Å². The van der Waals surface area contributed by atoms with Crippen LogP contribution in [0.15, 0.2) is 60.7 Å². The molecule has 2 amide bonds. The zero-order valence-electron chi connectivity index (χ0n) is 19.5. The van der Waals surface area contributed by atoms with Gasteiger partial charge in [0.05, 0.1) is 6.04 Å². The van der Waals surface area contributed by atoms with Crippen molar-refractivity contribution in [2.75, 3.05) is 19.6 Å². The first-order valence-electron chi connectivity index (χ1n) is 11.9. The summed E-state index contributed by atoms with van der Waals surface area (Å²) < 4.78 is 0.